The fourth-order valence-electron chi connectivity index (χ4n) is 1.82. The van der Waals surface area contributed by atoms with Crippen molar-refractivity contribution in [1.29, 1.82) is 0 Å². The van der Waals surface area contributed by atoms with E-state index in [1.807, 2.05) is 18.2 Å². The minimum Gasteiger partial charge on any atom is -0.492 e. The molecule has 5 heteroatoms. The van der Waals surface area contributed by atoms with Crippen molar-refractivity contribution in [3.8, 4) is 5.75 Å². The van der Waals surface area contributed by atoms with Gasteiger partial charge in [-0.05, 0) is 12.1 Å². The Morgan fingerprint density at radius 2 is 2.00 bits per heavy atom. The molecule has 1 aromatic carbocycles. The molecule has 0 amide bonds. The number of benzene rings is 1. The molecule has 1 fully saturated rings. The van der Waals surface area contributed by atoms with E-state index in [4.69, 9.17) is 9.47 Å². The Labute approximate surface area is 113 Å². The van der Waals surface area contributed by atoms with Gasteiger partial charge < -0.3 is 9.47 Å². The summed E-state index contributed by atoms with van der Waals surface area (Å²) in [5.74, 6) is 0.663. The van der Waals surface area contributed by atoms with Crippen LogP contribution < -0.4 is 4.74 Å². The van der Waals surface area contributed by atoms with Crippen LogP contribution in [-0.2, 0) is 4.74 Å². The highest BCUT2D eigenvalue weighted by molar-refractivity contribution is 5.85. The average Bonchev–Trinajstić information content (AvgIpc) is 2.40. The molecular formula is C13H18ClNO3. The molecule has 1 aliphatic rings. The lowest BCUT2D eigenvalue weighted by molar-refractivity contribution is 0.0322. The highest BCUT2D eigenvalue weighted by atomic mass is 35.5. The summed E-state index contributed by atoms with van der Waals surface area (Å²) in [6.07, 6.45) is 0.823. The van der Waals surface area contributed by atoms with Gasteiger partial charge in [0.1, 0.15) is 12.4 Å². The van der Waals surface area contributed by atoms with Crippen molar-refractivity contribution in [2.24, 2.45) is 0 Å². The van der Waals surface area contributed by atoms with Crippen LogP contribution in [0.4, 0.5) is 0 Å². The Bertz CT molecular complexity index is 367. The van der Waals surface area contributed by atoms with Crippen molar-refractivity contribution in [3.05, 3.63) is 29.8 Å². The number of carbonyl (C=O) groups is 1. The van der Waals surface area contributed by atoms with Gasteiger partial charge in [0, 0.05) is 19.6 Å². The van der Waals surface area contributed by atoms with Gasteiger partial charge in [0.15, 0.2) is 6.29 Å². The number of aldehydes is 1. The number of halogens is 1. The maximum Gasteiger partial charge on any atom is 0.153 e. The van der Waals surface area contributed by atoms with E-state index in [-0.39, 0.29) is 12.4 Å². The molecule has 0 saturated carbocycles. The Morgan fingerprint density at radius 1 is 1.28 bits per heavy atom. The third-order valence-electron chi connectivity index (χ3n) is 2.81. The standard InChI is InChI=1S/C13H17NO3.ClH/c15-11-12-3-1-2-4-13(12)17-10-7-14-5-8-16-9-6-14;/h1-4,11H,5-10H2;1H. The smallest absolute Gasteiger partial charge is 0.153 e. The zero-order valence-electron chi connectivity index (χ0n) is 10.2. The lowest BCUT2D eigenvalue weighted by atomic mass is 10.2. The largest absolute Gasteiger partial charge is 0.492 e. The van der Waals surface area contributed by atoms with Crippen LogP contribution in [0.3, 0.4) is 0 Å². The monoisotopic (exact) mass is 271 g/mol. The first-order valence-corrected chi connectivity index (χ1v) is 5.87. The van der Waals surface area contributed by atoms with E-state index < -0.39 is 0 Å². The van der Waals surface area contributed by atoms with E-state index in [1.54, 1.807) is 6.07 Å². The molecule has 1 saturated heterocycles. The van der Waals surface area contributed by atoms with Gasteiger partial charge in [0.05, 0.1) is 18.8 Å². The summed E-state index contributed by atoms with van der Waals surface area (Å²) in [5.41, 5.74) is 0.606. The fraction of sp³-hybridized carbons (Fsp3) is 0.462. The van der Waals surface area contributed by atoms with Crippen molar-refractivity contribution in [2.45, 2.75) is 0 Å². The second-order valence-electron chi connectivity index (χ2n) is 3.96. The molecule has 0 aliphatic carbocycles. The molecule has 0 N–H and O–H groups in total. The molecule has 0 atom stereocenters. The molecule has 0 aromatic heterocycles. The molecule has 2 rings (SSSR count). The van der Waals surface area contributed by atoms with Crippen LogP contribution in [0.25, 0.3) is 0 Å². The van der Waals surface area contributed by atoms with Crippen LogP contribution in [0.2, 0.25) is 0 Å². The van der Waals surface area contributed by atoms with Gasteiger partial charge in [-0.2, -0.15) is 0 Å². The minimum absolute atomic E-state index is 0. The number of morpholine rings is 1. The summed E-state index contributed by atoms with van der Waals surface area (Å²) in [7, 11) is 0. The minimum atomic E-state index is 0. The van der Waals surface area contributed by atoms with Crippen molar-refractivity contribution in [1.82, 2.24) is 4.90 Å². The van der Waals surface area contributed by atoms with Gasteiger partial charge in [-0.1, -0.05) is 12.1 Å². The van der Waals surface area contributed by atoms with E-state index in [9.17, 15) is 4.79 Å². The molecule has 0 bridgehead atoms. The van der Waals surface area contributed by atoms with Crippen LogP contribution in [0.5, 0.6) is 5.75 Å². The number of carbonyl (C=O) groups excluding carboxylic acids is 1. The number of nitrogens with zero attached hydrogens (tertiary/aromatic N) is 1. The van der Waals surface area contributed by atoms with Gasteiger partial charge in [-0.3, -0.25) is 9.69 Å². The molecule has 1 aromatic rings. The Kier molecular flexibility index (Phi) is 6.72. The number of ether oxygens (including phenoxy) is 2. The van der Waals surface area contributed by atoms with E-state index in [0.29, 0.717) is 17.9 Å². The van der Waals surface area contributed by atoms with E-state index in [1.165, 1.54) is 0 Å². The van der Waals surface area contributed by atoms with Crippen LogP contribution in [-0.4, -0.2) is 50.6 Å². The first-order chi connectivity index (χ1) is 8.40. The average molecular weight is 272 g/mol. The highest BCUT2D eigenvalue weighted by Gasteiger charge is 2.10. The van der Waals surface area contributed by atoms with Gasteiger partial charge in [0.2, 0.25) is 0 Å². The van der Waals surface area contributed by atoms with E-state index in [2.05, 4.69) is 4.90 Å². The molecule has 18 heavy (non-hydrogen) atoms. The molecule has 1 heterocycles. The van der Waals surface area contributed by atoms with Crippen molar-refractivity contribution in [2.75, 3.05) is 39.5 Å². The van der Waals surface area contributed by atoms with Crippen LogP contribution in [0.1, 0.15) is 10.4 Å². The zero-order valence-corrected chi connectivity index (χ0v) is 11.0. The van der Waals surface area contributed by atoms with Crippen molar-refractivity contribution >= 4 is 18.7 Å². The number of rotatable bonds is 5. The van der Waals surface area contributed by atoms with Crippen LogP contribution >= 0.6 is 12.4 Å². The summed E-state index contributed by atoms with van der Waals surface area (Å²) in [6, 6.07) is 7.29. The molecule has 0 spiro atoms. The van der Waals surface area contributed by atoms with Crippen LogP contribution in [0, 0.1) is 0 Å². The first-order valence-electron chi connectivity index (χ1n) is 5.87. The molecular weight excluding hydrogens is 254 g/mol. The highest BCUT2D eigenvalue weighted by Crippen LogP contribution is 2.15. The SMILES string of the molecule is Cl.O=Cc1ccccc1OCCN1CCOCC1. The molecule has 4 nitrogen and oxygen atoms in total. The second-order valence-corrected chi connectivity index (χ2v) is 3.96. The summed E-state index contributed by atoms with van der Waals surface area (Å²) in [5, 5.41) is 0. The first kappa shape index (κ1) is 15.0. The quantitative estimate of drug-likeness (QED) is 0.763. The van der Waals surface area contributed by atoms with Gasteiger partial charge in [0.25, 0.3) is 0 Å². The summed E-state index contributed by atoms with van der Waals surface area (Å²) in [6.45, 7) is 4.98. The third kappa shape index (κ3) is 4.29. The predicted octanol–water partition coefficient (Wildman–Crippen LogP) is 1.63. The Balaban J connectivity index is 0.00000162. The number of hydrogen-bond donors (Lipinski definition) is 0. The van der Waals surface area contributed by atoms with Gasteiger partial charge in [-0.15, -0.1) is 12.4 Å². The summed E-state index contributed by atoms with van der Waals surface area (Å²) < 4.78 is 10.9. The second kappa shape index (κ2) is 8.08. The van der Waals surface area contributed by atoms with E-state index in [0.717, 1.165) is 39.1 Å². The normalized spacial score (nSPS) is 15.8. The fourth-order valence-corrected chi connectivity index (χ4v) is 1.82. The Morgan fingerprint density at radius 3 is 2.72 bits per heavy atom. The summed E-state index contributed by atoms with van der Waals surface area (Å²) >= 11 is 0. The zero-order chi connectivity index (χ0) is 11.9. The maximum atomic E-state index is 10.8. The maximum absolute atomic E-state index is 10.8. The third-order valence-corrected chi connectivity index (χ3v) is 2.81. The van der Waals surface area contributed by atoms with Crippen molar-refractivity contribution in [3.63, 3.8) is 0 Å². The Hall–Kier alpha value is -1.10. The molecule has 100 valence electrons. The lowest BCUT2D eigenvalue weighted by Crippen LogP contribution is -2.38. The topological polar surface area (TPSA) is 38.8 Å². The van der Waals surface area contributed by atoms with Crippen LogP contribution in [0.15, 0.2) is 24.3 Å². The van der Waals surface area contributed by atoms with E-state index >= 15 is 0 Å². The lowest BCUT2D eigenvalue weighted by Gasteiger charge is -2.26. The van der Waals surface area contributed by atoms with Crippen molar-refractivity contribution < 1.29 is 14.3 Å². The summed E-state index contributed by atoms with van der Waals surface area (Å²) in [4.78, 5) is 13.1. The molecule has 1 aliphatic heterocycles. The van der Waals surface area contributed by atoms with Gasteiger partial charge in [-0.25, -0.2) is 0 Å². The molecule has 0 unspecified atom stereocenters. The number of para-hydroxylation sites is 1. The number of hydrogen-bond acceptors (Lipinski definition) is 4. The predicted molar refractivity (Wildman–Crippen MR) is 71.8 cm³/mol. The van der Waals surface area contributed by atoms with Gasteiger partial charge >= 0.3 is 0 Å². The molecule has 0 radical (unpaired) electrons.